The van der Waals surface area contributed by atoms with E-state index in [2.05, 4.69) is 20.1 Å². The van der Waals surface area contributed by atoms with E-state index in [-0.39, 0.29) is 52.5 Å². The zero-order chi connectivity index (χ0) is 30.2. The van der Waals surface area contributed by atoms with Gasteiger partial charge in [-0.25, -0.2) is 13.2 Å². The lowest BCUT2D eigenvalue weighted by Gasteiger charge is -2.46. The lowest BCUT2D eigenvalue weighted by molar-refractivity contribution is 0.107. The highest BCUT2D eigenvalue weighted by atomic mass is 19.1. The van der Waals surface area contributed by atoms with E-state index in [1.54, 1.807) is 6.07 Å². The summed E-state index contributed by atoms with van der Waals surface area (Å²) in [6, 6.07) is 10.4. The SMILES string of the molecule is CCc1cccc2cc(O)cc(-c3c(F)cc4c(N5C[C@@H]6CCC5CN6)nc(OC[C@@]56CCCN5C[C@H](F)C6)nc4c3F)c12. The molecule has 0 aliphatic carbocycles. The van der Waals surface area contributed by atoms with E-state index in [1.165, 1.54) is 12.1 Å². The summed E-state index contributed by atoms with van der Waals surface area (Å²) in [7, 11) is 0. The van der Waals surface area contributed by atoms with Crippen LogP contribution in [0.15, 0.2) is 36.4 Å². The molecule has 9 rings (SSSR count). The van der Waals surface area contributed by atoms with Crippen molar-refractivity contribution in [3.63, 3.8) is 0 Å². The Morgan fingerprint density at radius 1 is 1.14 bits per heavy atom. The highest BCUT2D eigenvalue weighted by molar-refractivity contribution is 6.03. The van der Waals surface area contributed by atoms with Gasteiger partial charge in [-0.2, -0.15) is 9.97 Å². The fourth-order valence-corrected chi connectivity index (χ4v) is 8.29. The third-order valence-electron chi connectivity index (χ3n) is 10.4. The van der Waals surface area contributed by atoms with Gasteiger partial charge >= 0.3 is 6.01 Å². The summed E-state index contributed by atoms with van der Waals surface area (Å²) in [4.78, 5) is 13.6. The van der Waals surface area contributed by atoms with Gasteiger partial charge < -0.3 is 20.1 Å². The predicted octanol–water partition coefficient (Wildman–Crippen LogP) is 5.89. The first kappa shape index (κ1) is 27.9. The number of aromatic nitrogens is 2. The number of phenolic OH excluding ortho intramolecular Hbond substituents is 1. The van der Waals surface area contributed by atoms with Crippen molar-refractivity contribution >= 4 is 27.5 Å². The molecule has 5 saturated heterocycles. The standard InChI is InChI=1S/C34H36F3N5O2/c1-2-19-5-3-6-20-11-24(43)12-25(28(19)20)29-27(36)13-26-31(30(29)37)39-33(40-32(26)42-17-22-7-8-23(42)15-38-22)44-18-34-9-4-10-41(34)16-21(35)14-34/h3,5-6,11-13,21-23,38,43H,2,4,7-10,14-18H2,1H3/t21-,22+,23?,34+/m1/s1. The number of aryl methyl sites for hydroxylation is 1. The topological polar surface area (TPSA) is 73.8 Å². The van der Waals surface area contributed by atoms with Gasteiger partial charge in [-0.3, -0.25) is 4.90 Å². The Bertz CT molecular complexity index is 1780. The van der Waals surface area contributed by atoms with Gasteiger partial charge in [-0.15, -0.1) is 0 Å². The number of aromatic hydroxyl groups is 1. The second-order valence-corrected chi connectivity index (χ2v) is 13.0. The molecule has 0 radical (unpaired) electrons. The van der Waals surface area contributed by atoms with Crippen LogP contribution >= 0.6 is 0 Å². The Kier molecular flexibility index (Phi) is 6.64. The lowest BCUT2D eigenvalue weighted by Crippen LogP contribution is -2.61. The molecular weight excluding hydrogens is 567 g/mol. The summed E-state index contributed by atoms with van der Waals surface area (Å²) in [6.07, 6.45) is 3.92. The molecule has 5 aliphatic rings. The van der Waals surface area contributed by atoms with Crippen LogP contribution in [0.2, 0.25) is 0 Å². The number of ether oxygens (including phenoxy) is 1. The van der Waals surface area contributed by atoms with Crippen molar-refractivity contribution in [1.82, 2.24) is 20.2 Å². The van der Waals surface area contributed by atoms with Crippen LogP contribution in [-0.4, -0.2) is 76.6 Å². The summed E-state index contributed by atoms with van der Waals surface area (Å²) in [5, 5.41) is 15.8. The smallest absolute Gasteiger partial charge is 0.319 e. The van der Waals surface area contributed by atoms with Gasteiger partial charge in [0, 0.05) is 43.5 Å². The number of benzene rings is 3. The van der Waals surface area contributed by atoms with Crippen LogP contribution in [0.25, 0.3) is 32.8 Å². The van der Waals surface area contributed by atoms with Crippen LogP contribution in [0.5, 0.6) is 11.8 Å². The zero-order valence-corrected chi connectivity index (χ0v) is 24.8. The van der Waals surface area contributed by atoms with E-state index in [1.807, 2.05) is 25.1 Å². The van der Waals surface area contributed by atoms with Gasteiger partial charge in [0.2, 0.25) is 0 Å². The molecule has 0 amide bonds. The van der Waals surface area contributed by atoms with Crippen molar-refractivity contribution in [3.05, 3.63) is 53.6 Å². The number of rotatable bonds is 6. The summed E-state index contributed by atoms with van der Waals surface area (Å²) < 4.78 is 53.8. The minimum atomic E-state index is -0.906. The highest BCUT2D eigenvalue weighted by Gasteiger charge is 2.49. The van der Waals surface area contributed by atoms with E-state index >= 15 is 8.78 Å². The molecule has 5 aliphatic heterocycles. The number of nitrogens with zero attached hydrogens (tertiary/aromatic N) is 4. The molecule has 0 saturated carbocycles. The molecule has 2 N–H and O–H groups in total. The van der Waals surface area contributed by atoms with Crippen LogP contribution in [0.4, 0.5) is 19.0 Å². The predicted molar refractivity (Wildman–Crippen MR) is 164 cm³/mol. The van der Waals surface area contributed by atoms with Gasteiger partial charge in [0.1, 0.15) is 35.7 Å². The van der Waals surface area contributed by atoms with E-state index < -0.39 is 23.3 Å². The Morgan fingerprint density at radius 3 is 2.80 bits per heavy atom. The fourth-order valence-electron chi connectivity index (χ4n) is 8.29. The van der Waals surface area contributed by atoms with Crippen molar-refractivity contribution < 1.29 is 23.0 Å². The third-order valence-corrected chi connectivity index (χ3v) is 10.4. The maximum atomic E-state index is 16.9. The van der Waals surface area contributed by atoms with Gasteiger partial charge in [0.05, 0.1) is 11.1 Å². The van der Waals surface area contributed by atoms with Crippen molar-refractivity contribution in [1.29, 1.82) is 0 Å². The Labute approximate surface area is 254 Å². The highest BCUT2D eigenvalue weighted by Crippen LogP contribution is 2.43. The second kappa shape index (κ2) is 10.5. The normalized spacial score (nSPS) is 26.6. The Morgan fingerprint density at radius 2 is 2.02 bits per heavy atom. The number of hydrogen-bond acceptors (Lipinski definition) is 7. The summed E-state index contributed by atoms with van der Waals surface area (Å²) in [6.45, 7) is 4.85. The molecule has 5 fully saturated rings. The summed E-state index contributed by atoms with van der Waals surface area (Å²) in [5.41, 5.74) is 0.503. The monoisotopic (exact) mass is 603 g/mol. The van der Waals surface area contributed by atoms with Gasteiger partial charge in [0.15, 0.2) is 5.82 Å². The maximum absolute atomic E-state index is 16.9. The molecule has 1 aromatic heterocycles. The number of anilines is 1. The van der Waals surface area contributed by atoms with Crippen LogP contribution in [-0.2, 0) is 6.42 Å². The van der Waals surface area contributed by atoms with Crippen LogP contribution in [0, 0.1) is 11.6 Å². The number of piperazine rings is 1. The number of halogens is 3. The molecule has 44 heavy (non-hydrogen) atoms. The quantitative estimate of drug-likeness (QED) is 0.285. The first-order valence-corrected chi connectivity index (χ1v) is 15.8. The second-order valence-electron chi connectivity index (χ2n) is 13.0. The average Bonchev–Trinajstić information content (AvgIpc) is 3.55. The molecule has 10 heteroatoms. The van der Waals surface area contributed by atoms with Crippen LogP contribution < -0.4 is 15.0 Å². The van der Waals surface area contributed by atoms with Crippen molar-refractivity contribution in [3.8, 4) is 22.9 Å². The van der Waals surface area contributed by atoms with Gasteiger partial charge in [-0.05, 0) is 78.7 Å². The zero-order valence-electron chi connectivity index (χ0n) is 24.8. The van der Waals surface area contributed by atoms with Crippen molar-refractivity contribution in [2.45, 2.75) is 69.2 Å². The number of alkyl halides is 1. The molecule has 7 nitrogen and oxygen atoms in total. The minimum Gasteiger partial charge on any atom is -0.508 e. The minimum absolute atomic E-state index is 0.0110. The van der Waals surface area contributed by atoms with Gasteiger partial charge in [-0.1, -0.05) is 25.1 Å². The molecule has 230 valence electrons. The maximum Gasteiger partial charge on any atom is 0.319 e. The van der Waals surface area contributed by atoms with E-state index in [0.29, 0.717) is 42.5 Å². The summed E-state index contributed by atoms with van der Waals surface area (Å²) >= 11 is 0. The fraction of sp³-hybridized carbons (Fsp3) is 0.471. The first-order chi connectivity index (χ1) is 21.3. The number of hydrogen-bond donors (Lipinski definition) is 2. The van der Waals surface area contributed by atoms with Crippen molar-refractivity contribution in [2.24, 2.45) is 0 Å². The van der Waals surface area contributed by atoms with Crippen LogP contribution in [0.3, 0.4) is 0 Å². The number of piperidine rings is 2. The lowest BCUT2D eigenvalue weighted by atomic mass is 9.91. The van der Waals surface area contributed by atoms with E-state index in [0.717, 1.165) is 44.3 Å². The van der Waals surface area contributed by atoms with E-state index in [4.69, 9.17) is 9.72 Å². The van der Waals surface area contributed by atoms with E-state index in [9.17, 15) is 9.50 Å². The number of fused-ring (bicyclic) bond motifs is 6. The molecule has 2 bridgehead atoms. The van der Waals surface area contributed by atoms with Crippen molar-refractivity contribution in [2.75, 3.05) is 37.7 Å². The molecule has 1 unspecified atom stereocenters. The molecule has 4 atom stereocenters. The Balaban J connectivity index is 1.30. The largest absolute Gasteiger partial charge is 0.508 e. The average molecular weight is 604 g/mol. The Hall–Kier alpha value is -3.63. The molecule has 4 aromatic rings. The molecule has 6 heterocycles. The number of nitrogens with one attached hydrogen (secondary N) is 1. The van der Waals surface area contributed by atoms with Gasteiger partial charge in [0.25, 0.3) is 0 Å². The molecule has 0 spiro atoms. The summed E-state index contributed by atoms with van der Waals surface area (Å²) in [5.74, 6) is -1.19. The third kappa shape index (κ3) is 4.40. The molecule has 3 aromatic carbocycles. The number of phenols is 1. The van der Waals surface area contributed by atoms with Crippen LogP contribution in [0.1, 0.15) is 44.6 Å². The molecular formula is C34H36F3N5O2. The first-order valence-electron chi connectivity index (χ1n) is 15.8.